The Morgan fingerprint density at radius 1 is 0.923 bits per heavy atom. The van der Waals surface area contributed by atoms with Gasteiger partial charge in [-0.25, -0.2) is 9.78 Å². The number of hydrogen-bond donors (Lipinski definition) is 2. The van der Waals surface area contributed by atoms with Crippen molar-refractivity contribution in [3.63, 3.8) is 0 Å². The standard InChI is InChI=1S/C19H12Cl2N4O/c20-11-6-7-12(14(21)8-11)13-9-15(10-4-2-1-3-5-10)23-18-16(13)17(22)24-19(26)25-18/h1-9H,(H3,22,23,24,25,26). The van der Waals surface area contributed by atoms with Gasteiger partial charge in [0.05, 0.1) is 11.1 Å². The minimum Gasteiger partial charge on any atom is -0.385 e. The van der Waals surface area contributed by atoms with E-state index < -0.39 is 5.69 Å². The maximum atomic E-state index is 11.8. The van der Waals surface area contributed by atoms with E-state index in [9.17, 15) is 4.79 Å². The Hall–Kier alpha value is -2.89. The molecule has 2 heterocycles. The molecule has 26 heavy (non-hydrogen) atoms. The highest BCUT2D eigenvalue weighted by Crippen LogP contribution is 2.37. The van der Waals surface area contributed by atoms with Crippen LogP contribution in [0, 0.1) is 0 Å². The molecule has 0 aliphatic rings. The molecule has 4 aromatic rings. The maximum Gasteiger partial charge on any atom is 0.348 e. The van der Waals surface area contributed by atoms with E-state index in [2.05, 4.69) is 15.0 Å². The first kappa shape index (κ1) is 16.6. The van der Waals surface area contributed by atoms with Gasteiger partial charge in [0, 0.05) is 21.2 Å². The zero-order valence-corrected chi connectivity index (χ0v) is 14.8. The predicted molar refractivity (Wildman–Crippen MR) is 105 cm³/mol. The number of rotatable bonds is 2. The van der Waals surface area contributed by atoms with Gasteiger partial charge < -0.3 is 5.73 Å². The first-order valence-electron chi connectivity index (χ1n) is 7.74. The number of fused-ring (bicyclic) bond motifs is 1. The molecule has 0 amide bonds. The second kappa shape index (κ2) is 6.44. The van der Waals surface area contributed by atoms with Crippen molar-refractivity contribution in [1.82, 2.24) is 15.0 Å². The van der Waals surface area contributed by atoms with Crippen molar-refractivity contribution in [2.75, 3.05) is 5.73 Å². The van der Waals surface area contributed by atoms with Crippen molar-refractivity contribution < 1.29 is 0 Å². The zero-order chi connectivity index (χ0) is 18.3. The van der Waals surface area contributed by atoms with Gasteiger partial charge in [-0.15, -0.1) is 0 Å². The Morgan fingerprint density at radius 2 is 1.69 bits per heavy atom. The van der Waals surface area contributed by atoms with Gasteiger partial charge in [-0.3, -0.25) is 4.98 Å². The van der Waals surface area contributed by atoms with Crippen LogP contribution >= 0.6 is 23.2 Å². The molecule has 0 aliphatic heterocycles. The number of pyridine rings is 1. The summed E-state index contributed by atoms with van der Waals surface area (Å²) in [7, 11) is 0. The Morgan fingerprint density at radius 3 is 2.42 bits per heavy atom. The lowest BCUT2D eigenvalue weighted by Gasteiger charge is -2.12. The Balaban J connectivity index is 2.11. The number of aromatic amines is 1. The number of nitrogen functional groups attached to an aromatic ring is 1. The normalized spacial score (nSPS) is 11.0. The fourth-order valence-corrected chi connectivity index (χ4v) is 3.37. The highest BCUT2D eigenvalue weighted by atomic mass is 35.5. The van der Waals surface area contributed by atoms with Gasteiger partial charge in [0.1, 0.15) is 5.82 Å². The second-order valence-corrected chi connectivity index (χ2v) is 6.54. The summed E-state index contributed by atoms with van der Waals surface area (Å²) in [5.41, 5.74) is 8.76. The summed E-state index contributed by atoms with van der Waals surface area (Å²) < 4.78 is 0. The number of hydrogen-bond acceptors (Lipinski definition) is 4. The number of nitrogens with two attached hydrogens (primary N) is 1. The van der Waals surface area contributed by atoms with E-state index in [0.717, 1.165) is 16.7 Å². The van der Waals surface area contributed by atoms with E-state index in [4.69, 9.17) is 28.9 Å². The average Bonchev–Trinajstić information content (AvgIpc) is 2.61. The van der Waals surface area contributed by atoms with Crippen LogP contribution in [0.3, 0.4) is 0 Å². The number of nitrogens with one attached hydrogen (secondary N) is 1. The van der Waals surface area contributed by atoms with Gasteiger partial charge >= 0.3 is 5.69 Å². The molecule has 2 aromatic carbocycles. The molecule has 0 aliphatic carbocycles. The van der Waals surface area contributed by atoms with Gasteiger partial charge in [-0.2, -0.15) is 4.98 Å². The topological polar surface area (TPSA) is 84.7 Å². The molecule has 0 saturated heterocycles. The van der Waals surface area contributed by atoms with Crippen molar-refractivity contribution in [3.8, 4) is 22.4 Å². The van der Waals surface area contributed by atoms with Crippen LogP contribution < -0.4 is 11.4 Å². The van der Waals surface area contributed by atoms with Crippen LogP contribution in [-0.2, 0) is 0 Å². The number of benzene rings is 2. The lowest BCUT2D eigenvalue weighted by molar-refractivity contribution is 1.10. The van der Waals surface area contributed by atoms with Crippen LogP contribution in [0.4, 0.5) is 5.82 Å². The highest BCUT2D eigenvalue weighted by Gasteiger charge is 2.16. The molecule has 0 unspecified atom stereocenters. The van der Waals surface area contributed by atoms with E-state index in [-0.39, 0.29) is 11.5 Å². The lowest BCUT2D eigenvalue weighted by atomic mass is 10.00. The lowest BCUT2D eigenvalue weighted by Crippen LogP contribution is -2.14. The predicted octanol–water partition coefficient (Wildman–Crippen LogP) is 4.54. The number of nitrogens with zero attached hydrogens (tertiary/aromatic N) is 2. The molecule has 7 heteroatoms. The molecule has 0 saturated carbocycles. The number of halogens is 2. The van der Waals surface area contributed by atoms with Gasteiger partial charge in [-0.05, 0) is 23.8 Å². The quantitative estimate of drug-likeness (QED) is 0.532. The molecule has 128 valence electrons. The minimum absolute atomic E-state index is 0.188. The average molecular weight is 383 g/mol. The molecule has 5 nitrogen and oxygen atoms in total. The van der Waals surface area contributed by atoms with Crippen LogP contribution in [0.25, 0.3) is 33.4 Å². The Kier molecular flexibility index (Phi) is 4.11. The van der Waals surface area contributed by atoms with Crippen molar-refractivity contribution in [3.05, 3.63) is 75.1 Å². The van der Waals surface area contributed by atoms with E-state index >= 15 is 0 Å². The molecule has 3 N–H and O–H groups in total. The van der Waals surface area contributed by atoms with E-state index in [0.29, 0.717) is 21.1 Å². The van der Waals surface area contributed by atoms with Crippen LogP contribution in [0.2, 0.25) is 10.0 Å². The SMILES string of the molecule is Nc1[nH]c(=O)nc2nc(-c3ccccc3)cc(-c3ccc(Cl)cc3Cl)c12. The van der Waals surface area contributed by atoms with Crippen LogP contribution in [0.1, 0.15) is 0 Å². The summed E-state index contributed by atoms with van der Waals surface area (Å²) >= 11 is 12.4. The summed E-state index contributed by atoms with van der Waals surface area (Å²) in [6.45, 7) is 0. The highest BCUT2D eigenvalue weighted by molar-refractivity contribution is 6.36. The van der Waals surface area contributed by atoms with Crippen molar-refractivity contribution in [2.24, 2.45) is 0 Å². The molecule has 0 fully saturated rings. The molecule has 2 aromatic heterocycles. The fraction of sp³-hybridized carbons (Fsp3) is 0. The molecule has 0 radical (unpaired) electrons. The summed E-state index contributed by atoms with van der Waals surface area (Å²) in [6, 6.07) is 16.7. The van der Waals surface area contributed by atoms with E-state index in [1.54, 1.807) is 18.2 Å². The fourth-order valence-electron chi connectivity index (χ4n) is 2.86. The summed E-state index contributed by atoms with van der Waals surface area (Å²) in [4.78, 5) is 22.8. The molecular weight excluding hydrogens is 371 g/mol. The largest absolute Gasteiger partial charge is 0.385 e. The second-order valence-electron chi connectivity index (χ2n) is 5.70. The zero-order valence-electron chi connectivity index (χ0n) is 13.3. The Labute approximate surface area is 158 Å². The number of H-pyrrole nitrogens is 1. The molecule has 0 bridgehead atoms. The third-order valence-electron chi connectivity index (χ3n) is 4.01. The molecule has 0 atom stereocenters. The van der Waals surface area contributed by atoms with E-state index in [1.165, 1.54) is 0 Å². The number of anilines is 1. The molecular formula is C19H12Cl2N4O. The third kappa shape index (κ3) is 2.92. The summed E-state index contributed by atoms with van der Waals surface area (Å²) in [6.07, 6.45) is 0. The van der Waals surface area contributed by atoms with Crippen LogP contribution in [-0.4, -0.2) is 15.0 Å². The smallest absolute Gasteiger partial charge is 0.348 e. The van der Waals surface area contributed by atoms with Crippen molar-refractivity contribution >= 4 is 40.1 Å². The van der Waals surface area contributed by atoms with Gasteiger partial charge in [0.2, 0.25) is 0 Å². The minimum atomic E-state index is -0.555. The van der Waals surface area contributed by atoms with Crippen molar-refractivity contribution in [1.29, 1.82) is 0 Å². The van der Waals surface area contributed by atoms with E-state index in [1.807, 2.05) is 36.4 Å². The van der Waals surface area contributed by atoms with Crippen molar-refractivity contribution in [2.45, 2.75) is 0 Å². The maximum absolute atomic E-state index is 11.8. The third-order valence-corrected chi connectivity index (χ3v) is 4.56. The van der Waals surface area contributed by atoms with Crippen LogP contribution in [0.15, 0.2) is 59.4 Å². The van der Waals surface area contributed by atoms with Gasteiger partial charge in [0.25, 0.3) is 0 Å². The number of aromatic nitrogens is 3. The Bertz CT molecular complexity index is 1190. The molecule has 4 rings (SSSR count). The monoisotopic (exact) mass is 382 g/mol. The summed E-state index contributed by atoms with van der Waals surface area (Å²) in [5.74, 6) is 0.188. The van der Waals surface area contributed by atoms with Crippen LogP contribution in [0.5, 0.6) is 0 Å². The summed E-state index contributed by atoms with van der Waals surface area (Å²) in [5, 5.41) is 1.53. The van der Waals surface area contributed by atoms with Gasteiger partial charge in [0.15, 0.2) is 5.65 Å². The first-order chi connectivity index (χ1) is 12.5. The van der Waals surface area contributed by atoms with Gasteiger partial charge in [-0.1, -0.05) is 59.6 Å². The molecule has 0 spiro atoms. The first-order valence-corrected chi connectivity index (χ1v) is 8.50.